The number of anilines is 1. The van der Waals surface area contributed by atoms with Gasteiger partial charge < -0.3 is 14.8 Å². The van der Waals surface area contributed by atoms with Gasteiger partial charge in [0, 0.05) is 18.0 Å². The van der Waals surface area contributed by atoms with E-state index in [1.54, 1.807) is 7.11 Å². The van der Waals surface area contributed by atoms with Gasteiger partial charge in [0.05, 0.1) is 23.7 Å². The maximum Gasteiger partial charge on any atom is 0.288 e. The first-order chi connectivity index (χ1) is 14.5. The molecule has 1 aliphatic rings. The number of fused-ring (bicyclic) bond motifs is 1. The van der Waals surface area contributed by atoms with Gasteiger partial charge in [0.25, 0.3) is 5.69 Å². The van der Waals surface area contributed by atoms with Crippen molar-refractivity contribution < 1.29 is 14.4 Å². The summed E-state index contributed by atoms with van der Waals surface area (Å²) in [4.78, 5) is 19.1. The molecule has 2 aromatic carbocycles. The van der Waals surface area contributed by atoms with E-state index in [4.69, 9.17) is 21.1 Å². The number of hydrogen-bond donors (Lipinski definition) is 1. The molecule has 1 fully saturated rings. The maximum absolute atomic E-state index is 11.2. The smallest absolute Gasteiger partial charge is 0.288 e. The molecule has 0 atom stereocenters. The SMILES string of the molecule is COc1ccc(CNc2ncnc3cc(Cl)c([N+](=O)[O-])cc23)cc1OC1CCCC1. The predicted octanol–water partition coefficient (Wildman–Crippen LogP) is 5.13. The Labute approximate surface area is 178 Å². The average molecular weight is 429 g/mol. The van der Waals surface area contributed by atoms with Crippen molar-refractivity contribution >= 4 is 34.0 Å². The summed E-state index contributed by atoms with van der Waals surface area (Å²) < 4.78 is 11.6. The van der Waals surface area contributed by atoms with Crippen molar-refractivity contribution in [3.63, 3.8) is 0 Å². The molecule has 0 amide bonds. The van der Waals surface area contributed by atoms with Gasteiger partial charge in [-0.3, -0.25) is 10.1 Å². The molecule has 1 saturated carbocycles. The summed E-state index contributed by atoms with van der Waals surface area (Å²) in [6, 6.07) is 8.64. The standard InChI is InChI=1S/C21H21ClN4O4/c1-29-19-7-6-13(8-20(19)30-14-4-2-3-5-14)11-23-21-15-9-18(26(27)28)16(22)10-17(15)24-12-25-21/h6-10,12,14H,2-5,11H2,1H3,(H,23,24,25). The highest BCUT2D eigenvalue weighted by Gasteiger charge is 2.19. The molecule has 0 unspecified atom stereocenters. The second kappa shape index (κ2) is 8.71. The Hall–Kier alpha value is -3.13. The summed E-state index contributed by atoms with van der Waals surface area (Å²) in [5.41, 5.74) is 1.32. The largest absolute Gasteiger partial charge is 0.493 e. The molecule has 0 saturated heterocycles. The minimum atomic E-state index is -0.519. The summed E-state index contributed by atoms with van der Waals surface area (Å²) in [5, 5.41) is 15.0. The van der Waals surface area contributed by atoms with Crippen LogP contribution in [0, 0.1) is 10.1 Å². The van der Waals surface area contributed by atoms with E-state index < -0.39 is 4.92 Å². The predicted molar refractivity (Wildman–Crippen MR) is 114 cm³/mol. The number of rotatable bonds is 7. The number of hydrogen-bond acceptors (Lipinski definition) is 7. The fourth-order valence-electron chi connectivity index (χ4n) is 3.64. The van der Waals surface area contributed by atoms with Crippen LogP contribution in [-0.2, 0) is 6.54 Å². The zero-order chi connectivity index (χ0) is 21.1. The van der Waals surface area contributed by atoms with Gasteiger partial charge in [-0.05, 0) is 49.4 Å². The van der Waals surface area contributed by atoms with Gasteiger partial charge in [0.15, 0.2) is 11.5 Å². The number of methoxy groups -OCH3 is 1. The number of nitrogens with one attached hydrogen (secondary N) is 1. The normalized spacial score (nSPS) is 14.1. The van der Waals surface area contributed by atoms with Crippen LogP contribution in [0.1, 0.15) is 31.2 Å². The Morgan fingerprint density at radius 1 is 1.20 bits per heavy atom. The molecule has 30 heavy (non-hydrogen) atoms. The lowest BCUT2D eigenvalue weighted by Crippen LogP contribution is -2.12. The van der Waals surface area contributed by atoms with E-state index in [0.717, 1.165) is 24.2 Å². The summed E-state index contributed by atoms with van der Waals surface area (Å²) in [6.45, 7) is 0.452. The Bertz CT molecular complexity index is 1090. The molecule has 1 N–H and O–H groups in total. The van der Waals surface area contributed by atoms with Gasteiger partial charge in [0.2, 0.25) is 0 Å². The molecule has 0 radical (unpaired) electrons. The van der Waals surface area contributed by atoms with Crippen molar-refractivity contribution in [1.29, 1.82) is 0 Å². The minimum absolute atomic E-state index is 0.0426. The van der Waals surface area contributed by atoms with E-state index in [2.05, 4.69) is 15.3 Å². The van der Waals surface area contributed by atoms with E-state index in [9.17, 15) is 10.1 Å². The third kappa shape index (κ3) is 4.23. The lowest BCUT2D eigenvalue weighted by atomic mass is 10.1. The zero-order valence-corrected chi connectivity index (χ0v) is 17.2. The second-order valence-electron chi connectivity index (χ2n) is 7.16. The van der Waals surface area contributed by atoms with Crippen LogP contribution in [0.15, 0.2) is 36.7 Å². The van der Waals surface area contributed by atoms with Crippen molar-refractivity contribution in [2.24, 2.45) is 0 Å². The molecule has 156 valence electrons. The summed E-state index contributed by atoms with van der Waals surface area (Å²) in [6.07, 6.45) is 6.10. The lowest BCUT2D eigenvalue weighted by molar-refractivity contribution is -0.384. The summed E-state index contributed by atoms with van der Waals surface area (Å²) >= 11 is 5.99. The van der Waals surface area contributed by atoms with E-state index in [1.165, 1.54) is 31.3 Å². The average Bonchev–Trinajstić information content (AvgIpc) is 3.24. The number of ether oxygens (including phenoxy) is 2. The number of aromatic nitrogens is 2. The number of nitrogens with zero attached hydrogens (tertiary/aromatic N) is 3. The van der Waals surface area contributed by atoms with Crippen LogP contribution in [0.25, 0.3) is 10.9 Å². The van der Waals surface area contributed by atoms with Crippen LogP contribution >= 0.6 is 11.6 Å². The zero-order valence-electron chi connectivity index (χ0n) is 16.4. The molecule has 1 heterocycles. The molecule has 9 heteroatoms. The van der Waals surface area contributed by atoms with Gasteiger partial charge in [0.1, 0.15) is 17.2 Å². The van der Waals surface area contributed by atoms with Crippen molar-refractivity contribution in [1.82, 2.24) is 9.97 Å². The van der Waals surface area contributed by atoms with Crippen molar-refractivity contribution in [2.45, 2.75) is 38.3 Å². The van der Waals surface area contributed by atoms with Crippen LogP contribution in [-0.4, -0.2) is 28.1 Å². The Balaban J connectivity index is 1.57. The molecular weight excluding hydrogens is 408 g/mol. The van der Waals surface area contributed by atoms with Gasteiger partial charge in [-0.25, -0.2) is 9.97 Å². The third-order valence-electron chi connectivity index (χ3n) is 5.18. The van der Waals surface area contributed by atoms with Crippen LogP contribution in [0.4, 0.5) is 11.5 Å². The first-order valence-electron chi connectivity index (χ1n) is 9.71. The molecule has 0 bridgehead atoms. The van der Waals surface area contributed by atoms with E-state index in [0.29, 0.717) is 29.0 Å². The molecule has 0 spiro atoms. The van der Waals surface area contributed by atoms with E-state index in [1.807, 2.05) is 18.2 Å². The molecular formula is C21H21ClN4O4. The molecule has 0 aliphatic heterocycles. The van der Waals surface area contributed by atoms with Crippen LogP contribution in [0.2, 0.25) is 5.02 Å². The molecule has 8 nitrogen and oxygen atoms in total. The fraction of sp³-hybridized carbons (Fsp3) is 0.333. The Morgan fingerprint density at radius 2 is 2.00 bits per heavy atom. The van der Waals surface area contributed by atoms with Crippen molar-refractivity contribution in [3.8, 4) is 11.5 Å². The van der Waals surface area contributed by atoms with E-state index >= 15 is 0 Å². The third-order valence-corrected chi connectivity index (χ3v) is 5.49. The van der Waals surface area contributed by atoms with E-state index in [-0.39, 0.29) is 16.8 Å². The highest BCUT2D eigenvalue weighted by atomic mass is 35.5. The minimum Gasteiger partial charge on any atom is -0.493 e. The quantitative estimate of drug-likeness (QED) is 0.411. The number of halogens is 1. The maximum atomic E-state index is 11.2. The second-order valence-corrected chi connectivity index (χ2v) is 7.57. The molecule has 1 aliphatic carbocycles. The summed E-state index contributed by atoms with van der Waals surface area (Å²) in [5.74, 6) is 1.91. The van der Waals surface area contributed by atoms with Gasteiger partial charge in [-0.1, -0.05) is 17.7 Å². The Kier molecular flexibility index (Phi) is 5.85. The number of nitro groups is 1. The van der Waals surface area contributed by atoms with Gasteiger partial charge in [-0.15, -0.1) is 0 Å². The van der Waals surface area contributed by atoms with Gasteiger partial charge >= 0.3 is 0 Å². The molecule has 3 aromatic rings. The van der Waals surface area contributed by atoms with Crippen LogP contribution in [0.5, 0.6) is 11.5 Å². The van der Waals surface area contributed by atoms with Crippen molar-refractivity contribution in [2.75, 3.05) is 12.4 Å². The van der Waals surface area contributed by atoms with Crippen molar-refractivity contribution in [3.05, 3.63) is 57.4 Å². The number of benzene rings is 2. The lowest BCUT2D eigenvalue weighted by Gasteiger charge is -2.17. The molecule has 4 rings (SSSR count). The Morgan fingerprint density at radius 3 is 2.73 bits per heavy atom. The van der Waals surface area contributed by atoms with Gasteiger partial charge in [-0.2, -0.15) is 0 Å². The topological polar surface area (TPSA) is 99.4 Å². The van der Waals surface area contributed by atoms with Crippen LogP contribution in [0.3, 0.4) is 0 Å². The first kappa shape index (κ1) is 20.2. The highest BCUT2D eigenvalue weighted by molar-refractivity contribution is 6.33. The fourth-order valence-corrected chi connectivity index (χ4v) is 3.87. The summed E-state index contributed by atoms with van der Waals surface area (Å²) in [7, 11) is 1.62. The monoisotopic (exact) mass is 428 g/mol. The first-order valence-corrected chi connectivity index (χ1v) is 10.1. The number of nitro benzene ring substituents is 1. The van der Waals surface area contributed by atoms with Crippen LogP contribution < -0.4 is 14.8 Å². The highest BCUT2D eigenvalue weighted by Crippen LogP contribution is 2.34. The molecule has 1 aromatic heterocycles.